The van der Waals surface area contributed by atoms with Gasteiger partial charge >= 0.3 is 0 Å². The highest BCUT2D eigenvalue weighted by Gasteiger charge is 2.21. The molecule has 0 aromatic heterocycles. The first kappa shape index (κ1) is 19.6. The molecule has 2 aromatic carbocycles. The van der Waals surface area contributed by atoms with Crippen LogP contribution in [0.4, 0.5) is 0 Å². The Balaban J connectivity index is 0.00000264. The normalized spacial score (nSPS) is 11.2. The van der Waals surface area contributed by atoms with E-state index in [4.69, 9.17) is 5.73 Å². The molecular formula is C17H23ClN2O2S. The van der Waals surface area contributed by atoms with Crippen molar-refractivity contribution in [2.45, 2.75) is 13.0 Å². The zero-order chi connectivity index (χ0) is 15.8. The minimum atomic E-state index is -3.33. The molecule has 6 heteroatoms. The van der Waals surface area contributed by atoms with Crippen molar-refractivity contribution >= 4 is 22.4 Å². The number of rotatable bonds is 8. The number of halogens is 1. The standard InChI is InChI=1S/C17H22N2O2S.ClH/c18-12-13-19(15-17-9-5-2-6-10-17)22(20,21)14-11-16-7-3-1-4-8-16;/h1-10H,11-15,18H2;1H. The van der Waals surface area contributed by atoms with E-state index in [1.165, 1.54) is 4.31 Å². The number of hydrogen-bond donors (Lipinski definition) is 1. The van der Waals surface area contributed by atoms with E-state index in [9.17, 15) is 8.42 Å². The smallest absolute Gasteiger partial charge is 0.214 e. The molecule has 0 aliphatic carbocycles. The summed E-state index contributed by atoms with van der Waals surface area (Å²) < 4.78 is 26.6. The van der Waals surface area contributed by atoms with E-state index >= 15 is 0 Å². The molecule has 0 saturated heterocycles. The van der Waals surface area contributed by atoms with E-state index in [-0.39, 0.29) is 18.2 Å². The molecule has 0 amide bonds. The monoisotopic (exact) mass is 354 g/mol. The van der Waals surface area contributed by atoms with Gasteiger partial charge in [-0.1, -0.05) is 60.7 Å². The van der Waals surface area contributed by atoms with E-state index in [1.54, 1.807) is 0 Å². The highest BCUT2D eigenvalue weighted by molar-refractivity contribution is 7.89. The molecule has 0 radical (unpaired) electrons. The number of aryl methyl sites for hydroxylation is 1. The third kappa shape index (κ3) is 6.31. The molecule has 0 heterocycles. The van der Waals surface area contributed by atoms with Gasteiger partial charge in [-0.3, -0.25) is 0 Å². The van der Waals surface area contributed by atoms with Gasteiger partial charge in [-0.2, -0.15) is 4.31 Å². The van der Waals surface area contributed by atoms with Crippen molar-refractivity contribution in [2.75, 3.05) is 18.8 Å². The van der Waals surface area contributed by atoms with Crippen molar-refractivity contribution in [3.8, 4) is 0 Å². The maximum atomic E-state index is 12.6. The lowest BCUT2D eigenvalue weighted by Gasteiger charge is -2.21. The first-order valence-corrected chi connectivity index (χ1v) is 8.98. The van der Waals surface area contributed by atoms with Gasteiger partial charge in [0.15, 0.2) is 0 Å². The fourth-order valence-corrected chi connectivity index (χ4v) is 3.75. The first-order chi connectivity index (χ1) is 10.6. The summed E-state index contributed by atoms with van der Waals surface area (Å²) in [5, 5.41) is 0. The van der Waals surface area contributed by atoms with Crippen LogP contribution in [0.1, 0.15) is 11.1 Å². The van der Waals surface area contributed by atoms with Gasteiger partial charge in [0, 0.05) is 19.6 Å². The van der Waals surface area contributed by atoms with Crippen LogP contribution in [0.5, 0.6) is 0 Å². The molecule has 23 heavy (non-hydrogen) atoms. The lowest BCUT2D eigenvalue weighted by atomic mass is 10.2. The summed E-state index contributed by atoms with van der Waals surface area (Å²) in [4.78, 5) is 0. The van der Waals surface area contributed by atoms with Gasteiger partial charge in [0.05, 0.1) is 5.75 Å². The van der Waals surface area contributed by atoms with Crippen LogP contribution in [0.2, 0.25) is 0 Å². The summed E-state index contributed by atoms with van der Waals surface area (Å²) in [6.45, 7) is 1.03. The molecule has 4 nitrogen and oxygen atoms in total. The Morgan fingerprint density at radius 3 is 1.91 bits per heavy atom. The van der Waals surface area contributed by atoms with Crippen LogP contribution in [0, 0.1) is 0 Å². The molecule has 0 saturated carbocycles. The van der Waals surface area contributed by atoms with E-state index in [2.05, 4.69) is 0 Å². The highest BCUT2D eigenvalue weighted by atomic mass is 35.5. The Bertz CT molecular complexity index is 664. The third-order valence-electron chi connectivity index (χ3n) is 3.47. The molecule has 2 aromatic rings. The van der Waals surface area contributed by atoms with Crippen LogP contribution < -0.4 is 5.73 Å². The van der Waals surface area contributed by atoms with Crippen molar-refractivity contribution < 1.29 is 8.42 Å². The lowest BCUT2D eigenvalue weighted by Crippen LogP contribution is -2.36. The molecule has 2 rings (SSSR count). The molecule has 0 spiro atoms. The summed E-state index contributed by atoms with van der Waals surface area (Å²) in [6.07, 6.45) is 0.513. The average molecular weight is 355 g/mol. The second-order valence-corrected chi connectivity index (χ2v) is 7.25. The number of nitrogens with two attached hydrogens (primary N) is 1. The van der Waals surface area contributed by atoms with Crippen LogP contribution in [-0.2, 0) is 23.0 Å². The maximum Gasteiger partial charge on any atom is 0.214 e. The Morgan fingerprint density at radius 2 is 1.39 bits per heavy atom. The topological polar surface area (TPSA) is 63.4 Å². The van der Waals surface area contributed by atoms with Crippen LogP contribution in [0.15, 0.2) is 60.7 Å². The van der Waals surface area contributed by atoms with Crippen molar-refractivity contribution in [3.05, 3.63) is 71.8 Å². The molecule has 0 unspecified atom stereocenters. The van der Waals surface area contributed by atoms with Crippen LogP contribution in [-0.4, -0.2) is 31.6 Å². The zero-order valence-corrected chi connectivity index (χ0v) is 14.6. The predicted molar refractivity (Wildman–Crippen MR) is 97.1 cm³/mol. The van der Waals surface area contributed by atoms with E-state index in [0.717, 1.165) is 11.1 Å². The minimum absolute atomic E-state index is 0. The quantitative estimate of drug-likeness (QED) is 0.792. The molecule has 126 valence electrons. The van der Waals surface area contributed by atoms with Gasteiger partial charge in [0.25, 0.3) is 0 Å². The number of benzene rings is 2. The number of hydrogen-bond acceptors (Lipinski definition) is 3. The molecule has 0 bridgehead atoms. The second kappa shape index (κ2) is 9.67. The van der Waals surface area contributed by atoms with Gasteiger partial charge in [0.2, 0.25) is 10.0 Å². The number of sulfonamides is 1. The van der Waals surface area contributed by atoms with Gasteiger partial charge in [-0.05, 0) is 17.5 Å². The lowest BCUT2D eigenvalue weighted by molar-refractivity contribution is 0.414. The Labute approximate surface area is 144 Å². The molecule has 0 aliphatic rings. The van der Waals surface area contributed by atoms with Crippen molar-refractivity contribution in [1.29, 1.82) is 0 Å². The summed E-state index contributed by atoms with van der Waals surface area (Å²) in [7, 11) is -3.33. The number of nitrogens with zero attached hydrogens (tertiary/aromatic N) is 1. The summed E-state index contributed by atoms with van der Waals surface area (Å²) in [5.41, 5.74) is 7.58. The molecule has 0 aliphatic heterocycles. The Hall–Kier alpha value is -1.40. The third-order valence-corrected chi connectivity index (χ3v) is 5.28. The fourth-order valence-electron chi connectivity index (χ4n) is 2.27. The van der Waals surface area contributed by atoms with E-state index in [1.807, 2.05) is 60.7 Å². The summed E-state index contributed by atoms with van der Waals surface area (Å²) in [6, 6.07) is 19.2. The summed E-state index contributed by atoms with van der Waals surface area (Å²) in [5.74, 6) is 0.101. The highest BCUT2D eigenvalue weighted by Crippen LogP contribution is 2.11. The Kier molecular flexibility index (Phi) is 8.26. The van der Waals surface area contributed by atoms with Gasteiger partial charge in [-0.25, -0.2) is 8.42 Å². The van der Waals surface area contributed by atoms with Gasteiger partial charge in [0.1, 0.15) is 0 Å². The molecule has 2 N–H and O–H groups in total. The molecule has 0 atom stereocenters. The van der Waals surface area contributed by atoms with Crippen LogP contribution in [0.25, 0.3) is 0 Å². The van der Waals surface area contributed by atoms with Crippen molar-refractivity contribution in [3.63, 3.8) is 0 Å². The van der Waals surface area contributed by atoms with Gasteiger partial charge < -0.3 is 5.73 Å². The predicted octanol–water partition coefficient (Wildman–Crippen LogP) is 2.44. The summed E-state index contributed by atoms with van der Waals surface area (Å²) >= 11 is 0. The van der Waals surface area contributed by atoms with Crippen molar-refractivity contribution in [2.24, 2.45) is 5.73 Å². The minimum Gasteiger partial charge on any atom is -0.329 e. The van der Waals surface area contributed by atoms with Crippen molar-refractivity contribution in [1.82, 2.24) is 4.31 Å². The van der Waals surface area contributed by atoms with Crippen LogP contribution in [0.3, 0.4) is 0 Å². The SMILES string of the molecule is Cl.NCCN(Cc1ccccc1)S(=O)(=O)CCc1ccccc1. The zero-order valence-electron chi connectivity index (χ0n) is 13.0. The van der Waals surface area contributed by atoms with E-state index in [0.29, 0.717) is 26.1 Å². The average Bonchev–Trinajstić information content (AvgIpc) is 2.55. The fraction of sp³-hybridized carbons (Fsp3) is 0.294. The molecular weight excluding hydrogens is 332 g/mol. The molecule has 0 fully saturated rings. The van der Waals surface area contributed by atoms with Crippen LogP contribution >= 0.6 is 12.4 Å². The van der Waals surface area contributed by atoms with Gasteiger partial charge in [-0.15, -0.1) is 12.4 Å². The largest absolute Gasteiger partial charge is 0.329 e. The second-order valence-electron chi connectivity index (χ2n) is 5.16. The maximum absolute atomic E-state index is 12.6. The first-order valence-electron chi connectivity index (χ1n) is 7.37. The van der Waals surface area contributed by atoms with E-state index < -0.39 is 10.0 Å². The Morgan fingerprint density at radius 1 is 0.870 bits per heavy atom.